The van der Waals surface area contributed by atoms with Crippen molar-refractivity contribution in [3.05, 3.63) is 82.4 Å². The molecule has 3 heterocycles. The van der Waals surface area contributed by atoms with Crippen LogP contribution in [-0.4, -0.2) is 36.2 Å². The molecule has 0 fully saturated rings. The van der Waals surface area contributed by atoms with Crippen LogP contribution in [-0.2, 0) is 17.8 Å². The third-order valence-electron chi connectivity index (χ3n) is 5.02. The largest absolute Gasteiger partial charge is 0.301 e. The van der Waals surface area contributed by atoms with Crippen LogP contribution in [0.5, 0.6) is 0 Å². The molecule has 0 saturated heterocycles. The number of carbonyl (C=O) groups excluding carboxylic acids is 1. The van der Waals surface area contributed by atoms with Gasteiger partial charge in [-0.2, -0.15) is 0 Å². The van der Waals surface area contributed by atoms with Gasteiger partial charge in [0.1, 0.15) is 11.3 Å². The summed E-state index contributed by atoms with van der Waals surface area (Å²) in [6.07, 6.45) is 3.46. The van der Waals surface area contributed by atoms with Crippen LogP contribution >= 0.6 is 23.1 Å². The molecule has 0 unspecified atom stereocenters. The van der Waals surface area contributed by atoms with Gasteiger partial charge < -0.3 is 5.32 Å². The normalized spacial score (nSPS) is 11.3. The minimum absolute atomic E-state index is 0.0103. The summed E-state index contributed by atoms with van der Waals surface area (Å²) in [5.41, 5.74) is 1.04. The molecule has 5 aromatic rings. The quantitative estimate of drug-likeness (QED) is 0.260. The molecule has 0 aliphatic rings. The van der Waals surface area contributed by atoms with E-state index in [0.717, 1.165) is 40.8 Å². The van der Waals surface area contributed by atoms with Crippen molar-refractivity contribution in [2.75, 3.05) is 11.1 Å². The fourth-order valence-electron chi connectivity index (χ4n) is 3.42. The predicted molar refractivity (Wildman–Crippen MR) is 131 cm³/mol. The number of aromatic nitrogens is 5. The molecule has 0 bridgehead atoms. The standard InChI is InChI=1S/C23H16F2N6O2S2/c24-14-10-15(25)18-16(11-14)35-22(29-18)28-17(32)12-34-23-30-20-19(26-7-8-27-20)21(33)31(23)9-6-13-4-2-1-3-5-13/h1-5,7-8,10-11H,6,9,12H2,(H,28,29,32). The van der Waals surface area contributed by atoms with Gasteiger partial charge in [0.25, 0.3) is 5.56 Å². The average molecular weight is 511 g/mol. The first-order chi connectivity index (χ1) is 17.0. The second kappa shape index (κ2) is 9.84. The maximum absolute atomic E-state index is 13.9. The molecular weight excluding hydrogens is 494 g/mol. The maximum Gasteiger partial charge on any atom is 0.282 e. The first-order valence-electron chi connectivity index (χ1n) is 10.4. The van der Waals surface area contributed by atoms with Crippen molar-refractivity contribution in [2.45, 2.75) is 18.1 Å². The lowest BCUT2D eigenvalue weighted by molar-refractivity contribution is -0.113. The topological polar surface area (TPSA) is 103 Å². The maximum atomic E-state index is 13.9. The Morgan fingerprint density at radius 3 is 2.69 bits per heavy atom. The Morgan fingerprint density at radius 2 is 1.86 bits per heavy atom. The highest BCUT2D eigenvalue weighted by Crippen LogP contribution is 2.29. The summed E-state index contributed by atoms with van der Waals surface area (Å²) in [6, 6.07) is 11.6. The Labute approximate surface area is 205 Å². The number of aryl methyl sites for hydroxylation is 1. The van der Waals surface area contributed by atoms with Gasteiger partial charge in [0, 0.05) is 25.0 Å². The number of nitrogens with one attached hydrogen (secondary N) is 1. The van der Waals surface area contributed by atoms with E-state index in [1.165, 1.54) is 17.0 Å². The van der Waals surface area contributed by atoms with E-state index in [9.17, 15) is 18.4 Å². The molecule has 1 amide bonds. The number of nitrogens with zero attached hydrogens (tertiary/aromatic N) is 5. The first-order valence-corrected chi connectivity index (χ1v) is 12.2. The highest BCUT2D eigenvalue weighted by molar-refractivity contribution is 7.99. The molecule has 176 valence electrons. The van der Waals surface area contributed by atoms with Crippen LogP contribution in [0.3, 0.4) is 0 Å². The summed E-state index contributed by atoms with van der Waals surface area (Å²) in [5.74, 6) is -2.03. The number of benzene rings is 2. The van der Waals surface area contributed by atoms with E-state index in [4.69, 9.17) is 0 Å². The lowest BCUT2D eigenvalue weighted by atomic mass is 10.1. The molecule has 0 aliphatic heterocycles. The number of carbonyl (C=O) groups is 1. The van der Waals surface area contributed by atoms with Crippen molar-refractivity contribution in [1.29, 1.82) is 0 Å². The van der Waals surface area contributed by atoms with Gasteiger partial charge in [-0.05, 0) is 18.1 Å². The summed E-state index contributed by atoms with van der Waals surface area (Å²) in [5, 5.41) is 3.07. The molecule has 0 atom stereocenters. The van der Waals surface area contributed by atoms with Crippen LogP contribution in [0.4, 0.5) is 13.9 Å². The number of hydrogen-bond acceptors (Lipinski definition) is 8. The van der Waals surface area contributed by atoms with Gasteiger partial charge in [-0.1, -0.05) is 53.4 Å². The van der Waals surface area contributed by atoms with Gasteiger partial charge in [-0.15, -0.1) is 0 Å². The Bertz CT molecular complexity index is 1610. The van der Waals surface area contributed by atoms with Crippen LogP contribution in [0.1, 0.15) is 5.56 Å². The van der Waals surface area contributed by atoms with Crippen molar-refractivity contribution >= 4 is 55.5 Å². The zero-order valence-electron chi connectivity index (χ0n) is 17.9. The molecule has 0 radical (unpaired) electrons. The van der Waals surface area contributed by atoms with Crippen molar-refractivity contribution in [2.24, 2.45) is 0 Å². The SMILES string of the molecule is O=C(CSc1nc2nccnc2c(=O)n1CCc1ccccc1)Nc1nc2c(F)cc(F)cc2s1. The second-order valence-corrected chi connectivity index (χ2v) is 9.38. The molecule has 5 rings (SSSR count). The van der Waals surface area contributed by atoms with Gasteiger partial charge in [0.05, 0.1) is 10.5 Å². The summed E-state index contributed by atoms with van der Waals surface area (Å²) >= 11 is 2.03. The number of amides is 1. The smallest absolute Gasteiger partial charge is 0.282 e. The van der Waals surface area contributed by atoms with Gasteiger partial charge in [0.2, 0.25) is 5.91 Å². The molecule has 35 heavy (non-hydrogen) atoms. The van der Waals surface area contributed by atoms with Crippen molar-refractivity contribution in [3.8, 4) is 0 Å². The number of rotatable bonds is 7. The molecule has 12 heteroatoms. The lowest BCUT2D eigenvalue weighted by Gasteiger charge is -2.12. The second-order valence-electron chi connectivity index (χ2n) is 7.41. The van der Waals surface area contributed by atoms with Gasteiger partial charge >= 0.3 is 0 Å². The van der Waals surface area contributed by atoms with Crippen LogP contribution in [0.2, 0.25) is 0 Å². The molecular formula is C23H16F2N6O2S2. The van der Waals surface area contributed by atoms with E-state index in [2.05, 4.69) is 25.3 Å². The van der Waals surface area contributed by atoms with Crippen LogP contribution < -0.4 is 10.9 Å². The minimum atomic E-state index is -0.796. The molecule has 0 saturated carbocycles. The number of thioether (sulfide) groups is 1. The first kappa shape index (κ1) is 23.0. The highest BCUT2D eigenvalue weighted by atomic mass is 32.2. The van der Waals surface area contributed by atoms with Gasteiger partial charge in [-0.25, -0.2) is 28.7 Å². The van der Waals surface area contributed by atoms with Crippen LogP contribution in [0, 0.1) is 11.6 Å². The number of fused-ring (bicyclic) bond motifs is 2. The molecule has 8 nitrogen and oxygen atoms in total. The Morgan fingerprint density at radius 1 is 1.06 bits per heavy atom. The van der Waals surface area contributed by atoms with Crippen molar-refractivity contribution in [1.82, 2.24) is 24.5 Å². The van der Waals surface area contributed by atoms with E-state index in [1.807, 2.05) is 30.3 Å². The molecule has 0 spiro atoms. The summed E-state index contributed by atoms with van der Waals surface area (Å²) in [4.78, 5) is 42.4. The average Bonchev–Trinajstić information content (AvgIpc) is 3.25. The van der Waals surface area contributed by atoms with E-state index in [-0.39, 0.29) is 37.8 Å². The number of thiazole rings is 1. The van der Waals surface area contributed by atoms with E-state index >= 15 is 0 Å². The van der Waals surface area contributed by atoms with E-state index in [1.54, 1.807) is 0 Å². The Kier molecular flexibility index (Phi) is 6.47. The van der Waals surface area contributed by atoms with E-state index < -0.39 is 17.5 Å². The number of halogens is 2. The third-order valence-corrected chi connectivity index (χ3v) is 6.91. The molecule has 2 aromatic carbocycles. The van der Waals surface area contributed by atoms with Crippen molar-refractivity contribution in [3.63, 3.8) is 0 Å². The van der Waals surface area contributed by atoms with Gasteiger partial charge in [0.15, 0.2) is 27.3 Å². The van der Waals surface area contributed by atoms with Crippen LogP contribution in [0.25, 0.3) is 21.4 Å². The fraction of sp³-hybridized carbons (Fsp3) is 0.130. The third kappa shape index (κ3) is 5.03. The van der Waals surface area contributed by atoms with E-state index in [0.29, 0.717) is 18.1 Å². The summed E-state index contributed by atoms with van der Waals surface area (Å²) in [6.45, 7) is 0.342. The van der Waals surface area contributed by atoms with Crippen molar-refractivity contribution < 1.29 is 13.6 Å². The zero-order chi connectivity index (χ0) is 24.4. The Balaban J connectivity index is 1.36. The fourth-order valence-corrected chi connectivity index (χ4v) is 5.15. The summed E-state index contributed by atoms with van der Waals surface area (Å²) < 4.78 is 29.1. The molecule has 0 aliphatic carbocycles. The monoisotopic (exact) mass is 510 g/mol. The summed E-state index contributed by atoms with van der Waals surface area (Å²) in [7, 11) is 0. The number of hydrogen-bond donors (Lipinski definition) is 1. The lowest BCUT2D eigenvalue weighted by Crippen LogP contribution is -2.26. The molecule has 1 N–H and O–H groups in total. The van der Waals surface area contributed by atoms with Gasteiger partial charge in [-0.3, -0.25) is 14.2 Å². The molecule has 3 aromatic heterocycles. The highest BCUT2D eigenvalue weighted by Gasteiger charge is 2.17. The Hall–Kier alpha value is -3.77. The minimum Gasteiger partial charge on any atom is -0.301 e. The zero-order valence-corrected chi connectivity index (χ0v) is 19.6. The number of anilines is 1. The van der Waals surface area contributed by atoms with Crippen LogP contribution in [0.15, 0.2) is 64.8 Å². The predicted octanol–water partition coefficient (Wildman–Crippen LogP) is 4.05.